The van der Waals surface area contributed by atoms with Gasteiger partial charge in [0, 0.05) is 18.8 Å². The van der Waals surface area contributed by atoms with Crippen molar-refractivity contribution >= 4 is 11.6 Å². The maximum absolute atomic E-state index is 12.3. The van der Waals surface area contributed by atoms with Gasteiger partial charge < -0.3 is 15.6 Å². The van der Waals surface area contributed by atoms with E-state index in [1.807, 2.05) is 10.8 Å². The van der Waals surface area contributed by atoms with Crippen molar-refractivity contribution in [2.24, 2.45) is 11.8 Å². The van der Waals surface area contributed by atoms with Crippen LogP contribution in [0.3, 0.4) is 0 Å². The van der Waals surface area contributed by atoms with Gasteiger partial charge in [-0.3, -0.25) is 4.79 Å². The van der Waals surface area contributed by atoms with Crippen LogP contribution in [0.25, 0.3) is 0 Å². The van der Waals surface area contributed by atoms with E-state index in [0.29, 0.717) is 17.3 Å². The van der Waals surface area contributed by atoms with Crippen LogP contribution in [0.4, 0.5) is 5.69 Å². The molecule has 3 N–H and O–H groups in total. The predicted molar refractivity (Wildman–Crippen MR) is 78.1 cm³/mol. The SMILES string of the molecule is CC1CCCC1CNC(=O)c1cc(N)cn1C(C)C. The molecule has 1 aromatic heterocycles. The molecule has 1 aliphatic rings. The van der Waals surface area contributed by atoms with Crippen molar-refractivity contribution in [1.82, 2.24) is 9.88 Å². The summed E-state index contributed by atoms with van der Waals surface area (Å²) in [5.41, 5.74) is 7.11. The molecule has 1 heterocycles. The Morgan fingerprint density at radius 2 is 2.26 bits per heavy atom. The van der Waals surface area contributed by atoms with Gasteiger partial charge in [-0.2, -0.15) is 0 Å². The molecule has 1 amide bonds. The molecule has 0 aromatic carbocycles. The number of anilines is 1. The summed E-state index contributed by atoms with van der Waals surface area (Å²) < 4.78 is 1.93. The van der Waals surface area contributed by atoms with Crippen LogP contribution in [0.2, 0.25) is 0 Å². The van der Waals surface area contributed by atoms with E-state index in [2.05, 4.69) is 26.1 Å². The standard InChI is InChI=1S/C15H25N3O/c1-10(2)18-9-13(16)7-14(18)15(19)17-8-12-6-4-5-11(12)3/h7,9-12H,4-6,8,16H2,1-3H3,(H,17,19). The Labute approximate surface area is 115 Å². The van der Waals surface area contributed by atoms with Gasteiger partial charge in [0.1, 0.15) is 5.69 Å². The van der Waals surface area contributed by atoms with Gasteiger partial charge in [-0.25, -0.2) is 0 Å². The molecule has 19 heavy (non-hydrogen) atoms. The normalized spacial score (nSPS) is 22.9. The van der Waals surface area contributed by atoms with Crippen molar-refractivity contribution in [3.63, 3.8) is 0 Å². The van der Waals surface area contributed by atoms with E-state index in [4.69, 9.17) is 5.73 Å². The Hall–Kier alpha value is -1.45. The lowest BCUT2D eigenvalue weighted by molar-refractivity contribution is 0.0934. The first-order valence-electron chi connectivity index (χ1n) is 7.24. The summed E-state index contributed by atoms with van der Waals surface area (Å²) in [4.78, 5) is 12.3. The van der Waals surface area contributed by atoms with E-state index in [1.165, 1.54) is 19.3 Å². The monoisotopic (exact) mass is 263 g/mol. The van der Waals surface area contributed by atoms with Crippen LogP contribution in [0, 0.1) is 11.8 Å². The first kappa shape index (κ1) is 14.0. The van der Waals surface area contributed by atoms with Crippen molar-refractivity contribution in [3.8, 4) is 0 Å². The van der Waals surface area contributed by atoms with Gasteiger partial charge in [-0.1, -0.05) is 19.8 Å². The highest BCUT2D eigenvalue weighted by molar-refractivity contribution is 5.93. The van der Waals surface area contributed by atoms with Gasteiger partial charge in [0.15, 0.2) is 0 Å². The summed E-state index contributed by atoms with van der Waals surface area (Å²) in [7, 11) is 0. The molecule has 1 saturated carbocycles. The molecule has 2 unspecified atom stereocenters. The largest absolute Gasteiger partial charge is 0.397 e. The molecular weight excluding hydrogens is 238 g/mol. The molecule has 1 fully saturated rings. The molecule has 0 radical (unpaired) electrons. The smallest absolute Gasteiger partial charge is 0.268 e. The van der Waals surface area contributed by atoms with Crippen LogP contribution < -0.4 is 11.1 Å². The number of nitrogen functional groups attached to an aromatic ring is 1. The fourth-order valence-electron chi connectivity index (χ4n) is 2.95. The van der Waals surface area contributed by atoms with E-state index in [9.17, 15) is 4.79 Å². The van der Waals surface area contributed by atoms with Gasteiger partial charge in [0.25, 0.3) is 5.91 Å². The third-order valence-electron chi connectivity index (χ3n) is 4.22. The van der Waals surface area contributed by atoms with Crippen LogP contribution >= 0.6 is 0 Å². The Balaban J connectivity index is 1.99. The average molecular weight is 263 g/mol. The second-order valence-corrected chi connectivity index (χ2v) is 6.04. The molecule has 4 heteroatoms. The van der Waals surface area contributed by atoms with Gasteiger partial charge in [0.05, 0.1) is 5.69 Å². The first-order valence-corrected chi connectivity index (χ1v) is 7.24. The summed E-state index contributed by atoms with van der Waals surface area (Å²) in [5, 5.41) is 3.06. The third kappa shape index (κ3) is 3.11. The fourth-order valence-corrected chi connectivity index (χ4v) is 2.95. The van der Waals surface area contributed by atoms with Crippen LogP contribution in [-0.2, 0) is 0 Å². The molecule has 0 saturated heterocycles. The number of nitrogens with two attached hydrogens (primary N) is 1. The third-order valence-corrected chi connectivity index (χ3v) is 4.22. The fraction of sp³-hybridized carbons (Fsp3) is 0.667. The maximum atomic E-state index is 12.3. The van der Waals surface area contributed by atoms with Crippen LogP contribution in [0.15, 0.2) is 12.3 Å². The Kier molecular flexibility index (Phi) is 4.17. The molecule has 4 nitrogen and oxygen atoms in total. The number of hydrogen-bond acceptors (Lipinski definition) is 2. The highest BCUT2D eigenvalue weighted by Gasteiger charge is 2.24. The van der Waals surface area contributed by atoms with Gasteiger partial charge in [-0.15, -0.1) is 0 Å². The predicted octanol–water partition coefficient (Wildman–Crippen LogP) is 2.82. The number of hydrogen-bond donors (Lipinski definition) is 2. The Morgan fingerprint density at radius 3 is 2.84 bits per heavy atom. The zero-order valence-electron chi connectivity index (χ0n) is 12.1. The molecule has 1 aliphatic carbocycles. The molecule has 0 spiro atoms. The number of rotatable bonds is 4. The molecule has 1 aromatic rings. The minimum atomic E-state index is -0.00972. The number of nitrogens with zero attached hydrogens (tertiary/aromatic N) is 1. The van der Waals surface area contributed by atoms with Crippen molar-refractivity contribution in [2.75, 3.05) is 12.3 Å². The minimum absolute atomic E-state index is 0.00972. The second kappa shape index (κ2) is 5.68. The van der Waals surface area contributed by atoms with E-state index in [-0.39, 0.29) is 11.9 Å². The maximum Gasteiger partial charge on any atom is 0.268 e. The highest BCUT2D eigenvalue weighted by Crippen LogP contribution is 2.30. The van der Waals surface area contributed by atoms with E-state index < -0.39 is 0 Å². The summed E-state index contributed by atoms with van der Waals surface area (Å²) >= 11 is 0. The van der Waals surface area contributed by atoms with Crippen molar-refractivity contribution in [3.05, 3.63) is 18.0 Å². The van der Waals surface area contributed by atoms with E-state index >= 15 is 0 Å². The second-order valence-electron chi connectivity index (χ2n) is 6.04. The van der Waals surface area contributed by atoms with Crippen LogP contribution in [0.5, 0.6) is 0 Å². The van der Waals surface area contributed by atoms with Crippen LogP contribution in [0.1, 0.15) is 56.6 Å². The van der Waals surface area contributed by atoms with Crippen molar-refractivity contribution < 1.29 is 4.79 Å². The molecule has 0 aliphatic heterocycles. The number of carbonyl (C=O) groups is 1. The first-order chi connectivity index (χ1) is 8.99. The Morgan fingerprint density at radius 1 is 1.53 bits per heavy atom. The summed E-state index contributed by atoms with van der Waals surface area (Å²) in [6.07, 6.45) is 5.64. The van der Waals surface area contributed by atoms with E-state index in [1.54, 1.807) is 6.07 Å². The Bertz CT molecular complexity index is 450. The minimum Gasteiger partial charge on any atom is -0.397 e. The lowest BCUT2D eigenvalue weighted by Crippen LogP contribution is -2.31. The summed E-state index contributed by atoms with van der Waals surface area (Å²) in [5.74, 6) is 1.34. The van der Waals surface area contributed by atoms with E-state index in [0.717, 1.165) is 12.5 Å². The number of carbonyl (C=O) groups excluding carboxylic acids is 1. The topological polar surface area (TPSA) is 60.1 Å². The van der Waals surface area contributed by atoms with Gasteiger partial charge >= 0.3 is 0 Å². The lowest BCUT2D eigenvalue weighted by atomic mass is 9.98. The molecule has 2 atom stereocenters. The zero-order chi connectivity index (χ0) is 14.0. The van der Waals surface area contributed by atoms with Gasteiger partial charge in [0.2, 0.25) is 0 Å². The number of aromatic nitrogens is 1. The molecule has 106 valence electrons. The van der Waals surface area contributed by atoms with Crippen molar-refractivity contribution in [1.29, 1.82) is 0 Å². The number of amides is 1. The molecular formula is C15H25N3O. The molecule has 2 rings (SSSR count). The number of nitrogens with one attached hydrogen (secondary N) is 1. The summed E-state index contributed by atoms with van der Waals surface area (Å²) in [6, 6.07) is 2.00. The average Bonchev–Trinajstić information content (AvgIpc) is 2.92. The van der Waals surface area contributed by atoms with Gasteiger partial charge in [-0.05, 0) is 38.2 Å². The quantitative estimate of drug-likeness (QED) is 0.877. The molecule has 0 bridgehead atoms. The lowest BCUT2D eigenvalue weighted by Gasteiger charge is -2.17. The zero-order valence-corrected chi connectivity index (χ0v) is 12.1. The van der Waals surface area contributed by atoms with Crippen LogP contribution in [-0.4, -0.2) is 17.0 Å². The van der Waals surface area contributed by atoms with Crippen molar-refractivity contribution in [2.45, 2.75) is 46.1 Å². The summed E-state index contributed by atoms with van der Waals surface area (Å²) in [6.45, 7) is 7.16. The highest BCUT2D eigenvalue weighted by atomic mass is 16.1.